The number of ether oxygens (including phenoxy) is 4. The molecule has 0 aliphatic heterocycles. The molecule has 0 aliphatic rings. The van der Waals surface area contributed by atoms with Gasteiger partial charge < -0.3 is 18.9 Å². The van der Waals surface area contributed by atoms with E-state index in [1.54, 1.807) is 7.11 Å². The van der Waals surface area contributed by atoms with Crippen LogP contribution in [0, 0.1) is 0 Å². The maximum atomic E-state index is 11.8. The Hall–Kier alpha value is -3.02. The third-order valence-corrected chi connectivity index (χ3v) is 3.34. The first-order valence-corrected chi connectivity index (χ1v) is 7.15. The van der Waals surface area contributed by atoms with Crippen LogP contribution in [0.1, 0.15) is 26.3 Å². The molecule has 0 aliphatic carbocycles. The minimum atomic E-state index is -0.567. The summed E-state index contributed by atoms with van der Waals surface area (Å²) in [6, 6.07) is 11.8. The molecule has 0 fully saturated rings. The van der Waals surface area contributed by atoms with Gasteiger partial charge in [-0.05, 0) is 24.3 Å². The average molecular weight is 330 g/mol. The average Bonchev–Trinajstić information content (AvgIpc) is 2.64. The van der Waals surface area contributed by atoms with Crippen molar-refractivity contribution in [1.29, 1.82) is 0 Å². The molecule has 0 heterocycles. The Morgan fingerprint density at radius 2 is 1.46 bits per heavy atom. The highest BCUT2D eigenvalue weighted by molar-refractivity contribution is 5.96. The summed E-state index contributed by atoms with van der Waals surface area (Å²) in [6.45, 7) is 0.218. The fraction of sp³-hybridized carbons (Fsp3) is 0.222. The van der Waals surface area contributed by atoms with E-state index in [4.69, 9.17) is 18.9 Å². The van der Waals surface area contributed by atoms with E-state index in [1.165, 1.54) is 32.4 Å². The molecule has 0 radical (unpaired) electrons. The van der Waals surface area contributed by atoms with Gasteiger partial charge in [0.25, 0.3) is 0 Å². The van der Waals surface area contributed by atoms with Crippen molar-refractivity contribution in [1.82, 2.24) is 0 Å². The SMILES string of the molecule is COC(=O)c1cc(OCc2ccccc2OC)cc(C(=O)OC)c1. The van der Waals surface area contributed by atoms with Crippen molar-refractivity contribution in [3.05, 3.63) is 59.2 Å². The van der Waals surface area contributed by atoms with Gasteiger partial charge in [0.05, 0.1) is 32.5 Å². The highest BCUT2D eigenvalue weighted by Crippen LogP contribution is 2.23. The Labute approximate surface area is 139 Å². The topological polar surface area (TPSA) is 71.1 Å². The first-order chi connectivity index (χ1) is 11.6. The second-order valence-electron chi connectivity index (χ2n) is 4.83. The number of rotatable bonds is 6. The second-order valence-corrected chi connectivity index (χ2v) is 4.83. The number of para-hydroxylation sites is 1. The van der Waals surface area contributed by atoms with Gasteiger partial charge in [-0.3, -0.25) is 0 Å². The zero-order valence-corrected chi connectivity index (χ0v) is 13.7. The van der Waals surface area contributed by atoms with E-state index in [2.05, 4.69) is 0 Å². The molecule has 0 N–H and O–H groups in total. The molecule has 0 spiro atoms. The Morgan fingerprint density at radius 1 is 0.875 bits per heavy atom. The Bertz CT molecular complexity index is 704. The quantitative estimate of drug-likeness (QED) is 0.759. The number of carbonyl (C=O) groups is 2. The van der Waals surface area contributed by atoms with E-state index < -0.39 is 11.9 Å². The molecule has 0 saturated heterocycles. The van der Waals surface area contributed by atoms with E-state index in [0.717, 1.165) is 5.56 Å². The van der Waals surface area contributed by atoms with Gasteiger partial charge in [0, 0.05) is 5.56 Å². The minimum Gasteiger partial charge on any atom is -0.496 e. The molecule has 2 rings (SSSR count). The molecule has 0 bridgehead atoms. The molecular weight excluding hydrogens is 312 g/mol. The minimum absolute atomic E-state index is 0.204. The Morgan fingerprint density at radius 3 is 2.00 bits per heavy atom. The molecule has 0 atom stereocenters. The van der Waals surface area contributed by atoms with Gasteiger partial charge in [-0.25, -0.2) is 9.59 Å². The fourth-order valence-corrected chi connectivity index (χ4v) is 2.14. The molecule has 0 aromatic heterocycles. The number of methoxy groups -OCH3 is 3. The van der Waals surface area contributed by atoms with Crippen LogP contribution in [0.4, 0.5) is 0 Å². The fourth-order valence-electron chi connectivity index (χ4n) is 2.14. The lowest BCUT2D eigenvalue weighted by Crippen LogP contribution is -2.08. The zero-order chi connectivity index (χ0) is 17.5. The maximum absolute atomic E-state index is 11.8. The maximum Gasteiger partial charge on any atom is 0.338 e. The van der Waals surface area contributed by atoms with Crippen LogP contribution in [0.25, 0.3) is 0 Å². The van der Waals surface area contributed by atoms with E-state index >= 15 is 0 Å². The monoisotopic (exact) mass is 330 g/mol. The number of hydrogen-bond acceptors (Lipinski definition) is 6. The number of benzene rings is 2. The van der Waals surface area contributed by atoms with E-state index in [0.29, 0.717) is 11.5 Å². The summed E-state index contributed by atoms with van der Waals surface area (Å²) in [5.74, 6) is -0.0928. The van der Waals surface area contributed by atoms with Crippen molar-refractivity contribution in [3.8, 4) is 11.5 Å². The van der Waals surface area contributed by atoms with Crippen molar-refractivity contribution in [2.45, 2.75) is 6.61 Å². The third-order valence-electron chi connectivity index (χ3n) is 3.34. The van der Waals surface area contributed by atoms with E-state index in [-0.39, 0.29) is 17.7 Å². The number of hydrogen-bond donors (Lipinski definition) is 0. The van der Waals surface area contributed by atoms with Gasteiger partial charge in [-0.1, -0.05) is 18.2 Å². The lowest BCUT2D eigenvalue weighted by Gasteiger charge is -2.12. The Balaban J connectivity index is 2.28. The van der Waals surface area contributed by atoms with Gasteiger partial charge in [0.1, 0.15) is 18.1 Å². The van der Waals surface area contributed by atoms with Gasteiger partial charge in [0.15, 0.2) is 0 Å². The van der Waals surface area contributed by atoms with Crippen molar-refractivity contribution in [2.75, 3.05) is 21.3 Å². The highest BCUT2D eigenvalue weighted by atomic mass is 16.5. The zero-order valence-electron chi connectivity index (χ0n) is 13.7. The van der Waals surface area contributed by atoms with Gasteiger partial charge >= 0.3 is 11.9 Å². The molecule has 6 heteroatoms. The third kappa shape index (κ3) is 4.04. The predicted octanol–water partition coefficient (Wildman–Crippen LogP) is 2.85. The molecule has 0 unspecified atom stereocenters. The van der Waals surface area contributed by atoms with Crippen LogP contribution < -0.4 is 9.47 Å². The van der Waals surface area contributed by atoms with Crippen molar-refractivity contribution in [3.63, 3.8) is 0 Å². The van der Waals surface area contributed by atoms with Crippen LogP contribution >= 0.6 is 0 Å². The largest absolute Gasteiger partial charge is 0.496 e. The summed E-state index contributed by atoms with van der Waals surface area (Å²) in [6.07, 6.45) is 0. The van der Waals surface area contributed by atoms with Crippen LogP contribution in [0.2, 0.25) is 0 Å². The van der Waals surface area contributed by atoms with Crippen molar-refractivity contribution >= 4 is 11.9 Å². The van der Waals surface area contributed by atoms with E-state index in [1.807, 2.05) is 24.3 Å². The van der Waals surface area contributed by atoms with Gasteiger partial charge in [-0.15, -0.1) is 0 Å². The smallest absolute Gasteiger partial charge is 0.338 e. The van der Waals surface area contributed by atoms with Crippen LogP contribution in [0.3, 0.4) is 0 Å². The van der Waals surface area contributed by atoms with Crippen LogP contribution in [-0.4, -0.2) is 33.3 Å². The summed E-state index contributed by atoms with van der Waals surface area (Å²) in [7, 11) is 4.11. The van der Waals surface area contributed by atoms with Crippen LogP contribution in [0.15, 0.2) is 42.5 Å². The number of esters is 2. The summed E-state index contributed by atoms with van der Waals surface area (Å²) in [4.78, 5) is 23.5. The standard InChI is InChI=1S/C18H18O6/c1-21-16-7-5-4-6-12(16)11-24-15-9-13(17(19)22-2)8-14(10-15)18(20)23-3/h4-10H,11H2,1-3H3. The summed E-state index contributed by atoms with van der Waals surface area (Å²) < 4.78 is 20.4. The molecule has 2 aromatic carbocycles. The lowest BCUT2D eigenvalue weighted by molar-refractivity contribution is 0.0598. The summed E-state index contributed by atoms with van der Waals surface area (Å²) >= 11 is 0. The van der Waals surface area contributed by atoms with Crippen LogP contribution in [-0.2, 0) is 16.1 Å². The highest BCUT2D eigenvalue weighted by Gasteiger charge is 2.15. The first kappa shape index (κ1) is 17.3. The Kier molecular flexibility index (Phi) is 5.78. The summed E-state index contributed by atoms with van der Waals surface area (Å²) in [5.41, 5.74) is 1.24. The van der Waals surface area contributed by atoms with E-state index in [9.17, 15) is 9.59 Å². The molecule has 0 amide bonds. The molecular formula is C18H18O6. The molecule has 6 nitrogen and oxygen atoms in total. The molecule has 0 saturated carbocycles. The van der Waals surface area contributed by atoms with Crippen molar-refractivity contribution in [2.24, 2.45) is 0 Å². The normalized spacial score (nSPS) is 9.96. The van der Waals surface area contributed by atoms with Crippen molar-refractivity contribution < 1.29 is 28.5 Å². The molecule has 2 aromatic rings. The first-order valence-electron chi connectivity index (χ1n) is 7.15. The molecule has 126 valence electrons. The predicted molar refractivity (Wildman–Crippen MR) is 86.4 cm³/mol. The number of carbonyl (C=O) groups excluding carboxylic acids is 2. The summed E-state index contributed by atoms with van der Waals surface area (Å²) in [5, 5.41) is 0. The van der Waals surface area contributed by atoms with Gasteiger partial charge in [0.2, 0.25) is 0 Å². The lowest BCUT2D eigenvalue weighted by atomic mass is 10.1. The van der Waals surface area contributed by atoms with Gasteiger partial charge in [-0.2, -0.15) is 0 Å². The molecule has 24 heavy (non-hydrogen) atoms. The van der Waals surface area contributed by atoms with Crippen LogP contribution in [0.5, 0.6) is 11.5 Å². The second kappa shape index (κ2) is 8.01.